The molecule has 0 spiro atoms. The van der Waals surface area contributed by atoms with E-state index in [0.29, 0.717) is 21.4 Å². The molecule has 0 saturated heterocycles. The maximum absolute atomic E-state index is 4.93. The zero-order chi connectivity index (χ0) is 21.7. The third-order valence-electron chi connectivity index (χ3n) is 6.62. The van der Waals surface area contributed by atoms with Crippen molar-refractivity contribution in [2.24, 2.45) is 0 Å². The zero-order valence-corrected chi connectivity index (χ0v) is 23.6. The van der Waals surface area contributed by atoms with Crippen molar-refractivity contribution in [1.29, 1.82) is 0 Å². The fraction of sp³-hybridized carbons (Fsp3) is 0.385. The topological polar surface area (TPSA) is 0 Å². The average Bonchev–Trinajstić information content (AvgIpc) is 3.24. The summed E-state index contributed by atoms with van der Waals surface area (Å²) in [5.74, 6) is 1.32. The summed E-state index contributed by atoms with van der Waals surface area (Å²) >= 11 is -0.826. The Kier molecular flexibility index (Phi) is 9.26. The average molecular weight is 534 g/mol. The molecule has 2 aliphatic carbocycles. The second-order valence-electron chi connectivity index (χ2n) is 8.26. The van der Waals surface area contributed by atoms with Gasteiger partial charge in [0.1, 0.15) is 0 Å². The predicted octanol–water partition coefficient (Wildman–Crippen LogP) is 8.16. The van der Waals surface area contributed by atoms with Gasteiger partial charge in [-0.05, 0) is 60.1 Å². The van der Waals surface area contributed by atoms with Gasteiger partial charge in [0.05, 0.1) is 0 Å². The molecular weight excluding hydrogens is 503 g/mol. The van der Waals surface area contributed by atoms with Crippen LogP contribution in [0.15, 0.2) is 47.5 Å². The molecule has 2 aromatic carbocycles. The van der Waals surface area contributed by atoms with Crippen molar-refractivity contribution in [3.8, 4) is 0 Å². The number of allylic oxidation sites excluding steroid dienone is 2. The molecule has 2 aliphatic rings. The molecule has 2 aromatic rings. The van der Waals surface area contributed by atoms with Crippen LogP contribution in [0.25, 0.3) is 12.2 Å². The van der Waals surface area contributed by atoms with Gasteiger partial charge in [0.15, 0.2) is 0 Å². The fourth-order valence-electron chi connectivity index (χ4n) is 5.04. The molecule has 0 aliphatic heterocycles. The van der Waals surface area contributed by atoms with E-state index in [1.807, 2.05) is 0 Å². The molecule has 2 unspecified atom stereocenters. The fourth-order valence-corrected chi connectivity index (χ4v) is 7.16. The predicted molar refractivity (Wildman–Crippen MR) is 133 cm³/mol. The first kappa shape index (κ1) is 24.2. The summed E-state index contributed by atoms with van der Waals surface area (Å²) in [7, 11) is 10.3. The summed E-state index contributed by atoms with van der Waals surface area (Å²) < 4.78 is 0. The SMILES string of the molecule is CCc1cccc2c1C=C(C)C2C[SiH]CC1C(C)=Cc2c(CC)cccc21.[Cl][Zr][Cl]. The van der Waals surface area contributed by atoms with Crippen molar-refractivity contribution in [3.63, 3.8) is 0 Å². The van der Waals surface area contributed by atoms with Gasteiger partial charge in [0, 0.05) is 21.4 Å². The third-order valence-corrected chi connectivity index (χ3v) is 8.23. The van der Waals surface area contributed by atoms with Gasteiger partial charge in [-0.3, -0.25) is 0 Å². The van der Waals surface area contributed by atoms with E-state index in [-0.39, 0.29) is 0 Å². The quantitative estimate of drug-likeness (QED) is 0.329. The molecular formula is C26H31Cl2SiZr. The molecule has 0 nitrogen and oxygen atoms in total. The molecule has 0 fully saturated rings. The molecule has 0 bridgehead atoms. The van der Waals surface area contributed by atoms with Crippen LogP contribution in [0.1, 0.15) is 72.9 Å². The molecule has 1 radical (unpaired) electrons. The van der Waals surface area contributed by atoms with Crippen LogP contribution < -0.4 is 0 Å². The van der Waals surface area contributed by atoms with Gasteiger partial charge in [0.2, 0.25) is 0 Å². The molecule has 0 saturated carbocycles. The van der Waals surface area contributed by atoms with Gasteiger partial charge in [-0.15, -0.1) is 0 Å². The first-order valence-electron chi connectivity index (χ1n) is 10.9. The van der Waals surface area contributed by atoms with Crippen molar-refractivity contribution in [2.45, 2.75) is 64.5 Å². The zero-order valence-electron chi connectivity index (χ0n) is 18.4. The molecule has 30 heavy (non-hydrogen) atoms. The Morgan fingerprint density at radius 2 is 1.17 bits per heavy atom. The summed E-state index contributed by atoms with van der Waals surface area (Å²) in [5, 5.41) is 0. The van der Waals surface area contributed by atoms with Crippen molar-refractivity contribution in [2.75, 3.05) is 0 Å². The second-order valence-corrected chi connectivity index (χ2v) is 13.5. The van der Waals surface area contributed by atoms with Gasteiger partial charge >= 0.3 is 37.9 Å². The molecule has 157 valence electrons. The van der Waals surface area contributed by atoms with Crippen molar-refractivity contribution in [3.05, 3.63) is 80.9 Å². The van der Waals surface area contributed by atoms with Crippen molar-refractivity contribution in [1.82, 2.24) is 0 Å². The van der Waals surface area contributed by atoms with E-state index < -0.39 is 20.8 Å². The summed E-state index contributed by atoms with van der Waals surface area (Å²) in [4.78, 5) is 0. The van der Waals surface area contributed by atoms with E-state index in [1.165, 1.54) is 34.3 Å². The Bertz CT molecular complexity index is 873. The van der Waals surface area contributed by atoms with E-state index in [2.05, 4.69) is 76.2 Å². The van der Waals surface area contributed by atoms with Gasteiger partial charge in [-0.1, -0.05) is 85.6 Å². The van der Waals surface area contributed by atoms with Gasteiger partial charge in [0.25, 0.3) is 0 Å². The monoisotopic (exact) mass is 531 g/mol. The number of aryl methyl sites for hydroxylation is 2. The van der Waals surface area contributed by atoms with Gasteiger partial charge in [-0.2, -0.15) is 0 Å². The van der Waals surface area contributed by atoms with Crippen LogP contribution >= 0.6 is 17.0 Å². The van der Waals surface area contributed by atoms with E-state index in [0.717, 1.165) is 12.8 Å². The van der Waals surface area contributed by atoms with Crippen molar-refractivity contribution >= 4 is 38.7 Å². The minimum absolute atomic E-state index is 0.450. The number of rotatable bonds is 6. The number of hydrogen-bond donors (Lipinski definition) is 0. The van der Waals surface area contributed by atoms with Gasteiger partial charge < -0.3 is 0 Å². The molecule has 0 N–H and O–H groups in total. The summed E-state index contributed by atoms with van der Waals surface area (Å²) in [6.07, 6.45) is 7.19. The minimum atomic E-state index is -0.826. The standard InChI is InChI=1S/C26H31Si.2ClH.Zr/c1-5-19-9-7-11-21-23(19)13-17(3)25(21)15-27-16-26-18(4)14-24-20(6-2)10-8-12-22(24)26;;;/h7-14,25-27H,5-6,15-16H2,1-4H3;2*1H;/q;;;+2/p-2. The van der Waals surface area contributed by atoms with Crippen LogP contribution in [0.3, 0.4) is 0 Å². The van der Waals surface area contributed by atoms with Crippen molar-refractivity contribution < 1.29 is 20.8 Å². The molecule has 4 rings (SSSR count). The third kappa shape index (κ3) is 5.15. The van der Waals surface area contributed by atoms with E-state index in [4.69, 9.17) is 17.0 Å². The number of hydrogen-bond acceptors (Lipinski definition) is 0. The van der Waals surface area contributed by atoms with Crippen LogP contribution in [0.5, 0.6) is 0 Å². The normalized spacial score (nSPS) is 18.7. The Balaban J connectivity index is 0.000000806. The molecule has 0 amide bonds. The Hall–Kier alpha value is -0.400. The molecule has 2 atom stereocenters. The van der Waals surface area contributed by atoms with Crippen LogP contribution in [-0.2, 0) is 33.7 Å². The maximum atomic E-state index is 4.93. The van der Waals surface area contributed by atoms with E-state index in [1.54, 1.807) is 22.3 Å². The summed E-state index contributed by atoms with van der Waals surface area (Å²) in [6, 6.07) is 16.6. The van der Waals surface area contributed by atoms with E-state index in [9.17, 15) is 0 Å². The summed E-state index contributed by atoms with van der Waals surface area (Å²) in [5.41, 5.74) is 12.4. The Labute approximate surface area is 203 Å². The Morgan fingerprint density at radius 3 is 1.53 bits per heavy atom. The second kappa shape index (κ2) is 11.5. The molecule has 0 aromatic heterocycles. The van der Waals surface area contributed by atoms with Crippen LogP contribution in [0, 0.1) is 0 Å². The summed E-state index contributed by atoms with van der Waals surface area (Å²) in [6.45, 7) is 9.23. The Morgan fingerprint density at radius 1 is 0.767 bits per heavy atom. The number of benzene rings is 2. The van der Waals surface area contributed by atoms with Gasteiger partial charge in [-0.25, -0.2) is 0 Å². The van der Waals surface area contributed by atoms with Crippen LogP contribution in [0.2, 0.25) is 12.1 Å². The van der Waals surface area contributed by atoms with Crippen LogP contribution in [0.4, 0.5) is 0 Å². The first-order chi connectivity index (χ1) is 14.5. The number of halogens is 2. The first-order valence-corrected chi connectivity index (χ1v) is 18.9. The van der Waals surface area contributed by atoms with E-state index >= 15 is 0 Å². The number of fused-ring (bicyclic) bond motifs is 2. The molecule has 4 heteroatoms. The molecule has 0 heterocycles. The van der Waals surface area contributed by atoms with Crippen LogP contribution in [-0.4, -0.2) is 9.52 Å².